The van der Waals surface area contributed by atoms with Crippen LogP contribution in [0.25, 0.3) is 16.8 Å². The van der Waals surface area contributed by atoms with Gasteiger partial charge in [0.05, 0.1) is 16.3 Å². The number of halogens is 1. The Kier molecular flexibility index (Phi) is 3.29. The molecule has 0 saturated heterocycles. The van der Waals surface area contributed by atoms with Crippen LogP contribution in [0.3, 0.4) is 0 Å². The summed E-state index contributed by atoms with van der Waals surface area (Å²) in [6.45, 7) is 2.20. The molecule has 1 aliphatic carbocycles. The topological polar surface area (TPSA) is 24.8 Å². The van der Waals surface area contributed by atoms with Crippen molar-refractivity contribution < 1.29 is 4.74 Å². The zero-order valence-electron chi connectivity index (χ0n) is 13.9. The average molecular weight is 349 g/mol. The number of hydrogen-bond acceptors (Lipinski definition) is 1. The highest BCUT2D eigenvalue weighted by Crippen LogP contribution is 2.49. The lowest BCUT2D eigenvalue weighted by atomic mass is 9.84. The SMILES string of the molecule is CC1c2c(ccc3ccc4c(c23)[OH+]C(c2ccccc2)N4)C=CC1Cl. The van der Waals surface area contributed by atoms with Crippen LogP contribution >= 0.6 is 11.6 Å². The molecule has 3 aromatic rings. The number of aliphatic hydroxyl groups is 1. The van der Waals surface area contributed by atoms with Gasteiger partial charge in [0.25, 0.3) is 12.0 Å². The Balaban J connectivity index is 1.70. The highest BCUT2D eigenvalue weighted by molar-refractivity contribution is 6.23. The second-order valence-electron chi connectivity index (χ2n) is 6.81. The molecular weight excluding hydrogens is 330 g/mol. The molecule has 1 aliphatic heterocycles. The van der Waals surface area contributed by atoms with Crippen LogP contribution in [-0.4, -0.2) is 10.1 Å². The zero-order valence-corrected chi connectivity index (χ0v) is 14.7. The Morgan fingerprint density at radius 2 is 1.80 bits per heavy atom. The predicted molar refractivity (Wildman–Crippen MR) is 106 cm³/mol. The fraction of sp³-hybridized carbons (Fsp3) is 0.182. The van der Waals surface area contributed by atoms with Crippen molar-refractivity contribution in [1.29, 1.82) is 0 Å². The standard InChI is InChI=1S/C22H18ClNO/c1-13-17(23)11-9-14-7-8-15-10-12-18-21(20(15)19(13)14)25-22(24-18)16-5-3-2-4-6-16/h2-13,17,22,24H,1H3/p+1. The van der Waals surface area contributed by atoms with E-state index >= 15 is 0 Å². The molecule has 2 nitrogen and oxygen atoms in total. The number of alkyl halides is 1. The highest BCUT2D eigenvalue weighted by Gasteiger charge is 2.33. The van der Waals surface area contributed by atoms with E-state index in [9.17, 15) is 0 Å². The van der Waals surface area contributed by atoms with Gasteiger partial charge in [0.2, 0.25) is 0 Å². The van der Waals surface area contributed by atoms with E-state index in [1.54, 1.807) is 0 Å². The van der Waals surface area contributed by atoms with Gasteiger partial charge in [0, 0.05) is 5.92 Å². The van der Waals surface area contributed by atoms with Gasteiger partial charge in [-0.25, -0.2) is 0 Å². The van der Waals surface area contributed by atoms with Crippen molar-refractivity contribution in [3.05, 3.63) is 77.4 Å². The second-order valence-corrected chi connectivity index (χ2v) is 7.31. The molecule has 3 unspecified atom stereocenters. The maximum absolute atomic E-state index is 6.54. The molecule has 2 N–H and O–H groups in total. The first-order valence-electron chi connectivity index (χ1n) is 8.66. The monoisotopic (exact) mass is 348 g/mol. The van der Waals surface area contributed by atoms with Gasteiger partial charge >= 0.3 is 0 Å². The average Bonchev–Trinajstić information content (AvgIpc) is 3.09. The van der Waals surface area contributed by atoms with Crippen molar-refractivity contribution in [3.8, 4) is 5.75 Å². The number of aromatic hydroxyl groups is 1. The van der Waals surface area contributed by atoms with E-state index in [-0.39, 0.29) is 17.5 Å². The van der Waals surface area contributed by atoms with Gasteiger partial charge in [0.15, 0.2) is 0 Å². The number of hydrogen-bond donors (Lipinski definition) is 1. The van der Waals surface area contributed by atoms with Crippen LogP contribution in [-0.2, 0) is 0 Å². The Labute approximate surface area is 152 Å². The number of nitrogens with one attached hydrogen (secondary N) is 1. The molecule has 1 heterocycles. The quantitative estimate of drug-likeness (QED) is 0.328. The Morgan fingerprint density at radius 3 is 2.64 bits per heavy atom. The Hall–Kier alpha value is -2.45. The first-order chi connectivity index (χ1) is 12.2. The summed E-state index contributed by atoms with van der Waals surface area (Å²) in [5.41, 5.74) is 4.85. The summed E-state index contributed by atoms with van der Waals surface area (Å²) in [6.07, 6.45) is 4.20. The van der Waals surface area contributed by atoms with Crippen LogP contribution in [0, 0.1) is 0 Å². The maximum Gasteiger partial charge on any atom is 0.289 e. The Morgan fingerprint density at radius 1 is 1.00 bits per heavy atom. The van der Waals surface area contributed by atoms with Crippen molar-refractivity contribution in [2.45, 2.75) is 24.4 Å². The van der Waals surface area contributed by atoms with Crippen LogP contribution in [0.4, 0.5) is 5.69 Å². The summed E-state index contributed by atoms with van der Waals surface area (Å²) in [6, 6.07) is 19.1. The van der Waals surface area contributed by atoms with Gasteiger partial charge in [-0.1, -0.05) is 55.5 Å². The molecule has 0 aromatic heterocycles. The number of benzene rings is 3. The van der Waals surface area contributed by atoms with Gasteiger partial charge in [0.1, 0.15) is 5.69 Å². The molecule has 2 aliphatic rings. The van der Waals surface area contributed by atoms with Crippen LogP contribution in [0.1, 0.15) is 35.8 Å². The van der Waals surface area contributed by atoms with E-state index in [0.29, 0.717) is 0 Å². The van der Waals surface area contributed by atoms with Crippen LogP contribution in [0.15, 0.2) is 60.7 Å². The van der Waals surface area contributed by atoms with Crippen LogP contribution in [0.2, 0.25) is 0 Å². The first-order valence-corrected chi connectivity index (χ1v) is 9.10. The van der Waals surface area contributed by atoms with Gasteiger partial charge in [-0.2, -0.15) is 0 Å². The van der Waals surface area contributed by atoms with Crippen molar-refractivity contribution >= 4 is 34.1 Å². The van der Waals surface area contributed by atoms with E-state index in [1.807, 2.05) is 6.07 Å². The molecule has 124 valence electrons. The van der Waals surface area contributed by atoms with E-state index in [2.05, 4.69) is 72.9 Å². The largest absolute Gasteiger partial charge is 0.560 e. The molecule has 0 radical (unpaired) electrons. The minimum Gasteiger partial charge on any atom is -0.560 e. The van der Waals surface area contributed by atoms with E-state index in [0.717, 1.165) is 11.4 Å². The molecule has 0 bridgehead atoms. The molecule has 3 aromatic carbocycles. The minimum atomic E-state index is -0.0288. The predicted octanol–water partition coefficient (Wildman–Crippen LogP) is 5.94. The summed E-state index contributed by atoms with van der Waals surface area (Å²) in [5.74, 6) is 1.33. The minimum absolute atomic E-state index is 0.0215. The van der Waals surface area contributed by atoms with Crippen molar-refractivity contribution in [2.75, 3.05) is 5.32 Å². The van der Waals surface area contributed by atoms with Crippen molar-refractivity contribution in [1.82, 2.24) is 0 Å². The normalized spacial score (nSPS) is 23.7. The number of fused-ring (bicyclic) bond motifs is 5. The fourth-order valence-corrected chi connectivity index (χ4v) is 4.15. The van der Waals surface area contributed by atoms with E-state index in [4.69, 9.17) is 16.3 Å². The molecule has 0 amide bonds. The van der Waals surface area contributed by atoms with Crippen LogP contribution in [0.5, 0.6) is 5.75 Å². The number of allylic oxidation sites excluding steroid dienone is 1. The summed E-state index contributed by atoms with van der Waals surface area (Å²) >= 11 is 6.54. The van der Waals surface area contributed by atoms with Gasteiger partial charge in [-0.15, -0.1) is 11.6 Å². The van der Waals surface area contributed by atoms with Crippen LogP contribution < -0.4 is 5.32 Å². The third-order valence-electron chi connectivity index (χ3n) is 5.29. The summed E-state index contributed by atoms with van der Waals surface area (Å²) in [7, 11) is 0. The fourth-order valence-electron chi connectivity index (χ4n) is 3.95. The van der Waals surface area contributed by atoms with Crippen molar-refractivity contribution in [3.63, 3.8) is 0 Å². The lowest BCUT2D eigenvalue weighted by Gasteiger charge is -2.24. The van der Waals surface area contributed by atoms with Crippen molar-refractivity contribution in [2.24, 2.45) is 0 Å². The number of anilines is 1. The number of ether oxygens (including phenoxy) is 1. The third-order valence-corrected chi connectivity index (χ3v) is 5.81. The summed E-state index contributed by atoms with van der Waals surface area (Å²) in [4.78, 5) is 0. The molecule has 25 heavy (non-hydrogen) atoms. The summed E-state index contributed by atoms with van der Waals surface area (Å²) in [5, 5.41) is 6.04. The smallest absolute Gasteiger partial charge is 0.289 e. The zero-order chi connectivity index (χ0) is 17.0. The molecule has 3 atom stereocenters. The van der Waals surface area contributed by atoms with Gasteiger partial charge in [-0.05, 0) is 34.7 Å². The Bertz CT molecular complexity index is 996. The summed E-state index contributed by atoms with van der Waals surface area (Å²) < 4.78 is 5.04. The van der Waals surface area contributed by atoms with Gasteiger partial charge in [-0.3, -0.25) is 5.32 Å². The maximum atomic E-state index is 6.54. The molecule has 5 rings (SSSR count). The molecule has 0 fully saturated rings. The number of rotatable bonds is 1. The van der Waals surface area contributed by atoms with E-state index in [1.165, 1.54) is 27.5 Å². The van der Waals surface area contributed by atoms with Gasteiger partial charge < -0.3 is 4.74 Å². The molecule has 0 spiro atoms. The second kappa shape index (κ2) is 5.53. The molecular formula is C22H19ClNO+. The molecule has 3 heteroatoms. The highest BCUT2D eigenvalue weighted by atomic mass is 35.5. The third kappa shape index (κ3) is 2.25. The molecule has 0 saturated carbocycles. The first kappa shape index (κ1) is 14.9. The lowest BCUT2D eigenvalue weighted by Crippen LogP contribution is -2.12. The van der Waals surface area contributed by atoms with E-state index < -0.39 is 0 Å². The lowest BCUT2D eigenvalue weighted by molar-refractivity contribution is 0.0232.